The van der Waals surface area contributed by atoms with E-state index >= 15 is 0 Å². The van der Waals surface area contributed by atoms with Crippen LogP contribution in [0.15, 0.2) is 24.3 Å². The number of nitrogens with two attached hydrogens (primary N) is 1. The third kappa shape index (κ3) is 4.89. The summed E-state index contributed by atoms with van der Waals surface area (Å²) in [4.78, 5) is 2.16. The molecular formula is C15H23F3N2O. The first-order valence-electron chi connectivity index (χ1n) is 7.02. The van der Waals surface area contributed by atoms with Crippen LogP contribution in [0, 0.1) is 0 Å². The van der Waals surface area contributed by atoms with Crippen LogP contribution in [0.3, 0.4) is 0 Å². The number of ether oxygens (including phenoxy) is 1. The third-order valence-corrected chi connectivity index (χ3v) is 4.08. The Balaban J connectivity index is 2.75. The Labute approximate surface area is 123 Å². The number of halogens is 3. The smallest absolute Gasteiger partial charge is 0.406 e. The van der Waals surface area contributed by atoms with Gasteiger partial charge in [0, 0.05) is 18.6 Å². The lowest BCUT2D eigenvalue weighted by Gasteiger charge is -2.40. The van der Waals surface area contributed by atoms with Gasteiger partial charge in [0.25, 0.3) is 0 Å². The summed E-state index contributed by atoms with van der Waals surface area (Å²) >= 11 is 0. The molecule has 0 aliphatic carbocycles. The van der Waals surface area contributed by atoms with Crippen molar-refractivity contribution in [2.75, 3.05) is 13.6 Å². The largest absolute Gasteiger partial charge is 0.573 e. The third-order valence-electron chi connectivity index (χ3n) is 4.08. The zero-order valence-corrected chi connectivity index (χ0v) is 12.7. The van der Waals surface area contributed by atoms with E-state index in [2.05, 4.69) is 23.5 Å². The second-order valence-electron chi connectivity index (χ2n) is 5.18. The first-order chi connectivity index (χ1) is 9.76. The van der Waals surface area contributed by atoms with Crippen LogP contribution in [0.1, 0.15) is 32.3 Å². The zero-order valence-electron chi connectivity index (χ0n) is 12.7. The fourth-order valence-electron chi connectivity index (χ4n) is 2.47. The number of hydrogen-bond donors (Lipinski definition) is 1. The molecule has 0 spiro atoms. The van der Waals surface area contributed by atoms with Crippen LogP contribution in [-0.4, -0.2) is 30.4 Å². The van der Waals surface area contributed by atoms with Crippen LogP contribution in [0.4, 0.5) is 13.2 Å². The molecule has 0 aromatic heterocycles. The van der Waals surface area contributed by atoms with Gasteiger partial charge in [0.05, 0.1) is 0 Å². The number of likely N-dealkylation sites (N-methyl/N-ethyl adjacent to an activating group) is 1. The molecule has 0 bridgehead atoms. The fourth-order valence-corrected chi connectivity index (χ4v) is 2.47. The van der Waals surface area contributed by atoms with Gasteiger partial charge in [-0.3, -0.25) is 4.90 Å². The van der Waals surface area contributed by atoms with Crippen LogP contribution in [0.5, 0.6) is 5.75 Å². The topological polar surface area (TPSA) is 38.5 Å². The van der Waals surface area contributed by atoms with E-state index in [-0.39, 0.29) is 11.3 Å². The summed E-state index contributed by atoms with van der Waals surface area (Å²) in [7, 11) is 1.99. The highest BCUT2D eigenvalue weighted by Crippen LogP contribution is 2.26. The van der Waals surface area contributed by atoms with Gasteiger partial charge < -0.3 is 10.5 Å². The maximum atomic E-state index is 12.1. The summed E-state index contributed by atoms with van der Waals surface area (Å²) in [5, 5.41) is 0. The number of alkyl halides is 3. The maximum Gasteiger partial charge on any atom is 0.573 e. The molecular weight excluding hydrogens is 281 g/mol. The first-order valence-corrected chi connectivity index (χ1v) is 7.02. The van der Waals surface area contributed by atoms with Gasteiger partial charge in [-0.2, -0.15) is 0 Å². The first kappa shape index (κ1) is 17.8. The molecule has 3 nitrogen and oxygen atoms in total. The normalized spacial score (nSPS) is 12.8. The van der Waals surface area contributed by atoms with E-state index in [1.54, 1.807) is 12.1 Å². The summed E-state index contributed by atoms with van der Waals surface area (Å²) < 4.78 is 40.2. The van der Waals surface area contributed by atoms with Crippen LogP contribution in [-0.2, 0) is 6.54 Å². The van der Waals surface area contributed by atoms with Gasteiger partial charge in [-0.15, -0.1) is 13.2 Å². The highest BCUT2D eigenvalue weighted by molar-refractivity contribution is 5.27. The van der Waals surface area contributed by atoms with E-state index in [0.29, 0.717) is 13.1 Å². The van der Waals surface area contributed by atoms with Crippen LogP contribution in [0.2, 0.25) is 0 Å². The van der Waals surface area contributed by atoms with Crippen molar-refractivity contribution in [2.24, 2.45) is 5.73 Å². The van der Waals surface area contributed by atoms with E-state index < -0.39 is 6.36 Å². The highest BCUT2D eigenvalue weighted by atomic mass is 19.4. The summed E-state index contributed by atoms with van der Waals surface area (Å²) in [6, 6.07) is 5.95. The van der Waals surface area contributed by atoms with Crippen molar-refractivity contribution in [3.8, 4) is 5.75 Å². The minimum absolute atomic E-state index is 0.0822. The second kappa shape index (κ2) is 7.13. The molecule has 1 aromatic carbocycles. The molecule has 120 valence electrons. The molecule has 0 radical (unpaired) electrons. The summed E-state index contributed by atoms with van der Waals surface area (Å²) in [6.45, 7) is 5.36. The minimum atomic E-state index is -4.66. The van der Waals surface area contributed by atoms with E-state index in [1.807, 2.05) is 7.05 Å². The van der Waals surface area contributed by atoms with Gasteiger partial charge in [-0.05, 0) is 37.6 Å². The Hall–Kier alpha value is -1.27. The summed E-state index contributed by atoms with van der Waals surface area (Å²) in [5.74, 6) is -0.204. The van der Waals surface area contributed by atoms with Gasteiger partial charge in [0.1, 0.15) is 5.75 Å². The molecule has 6 heteroatoms. The van der Waals surface area contributed by atoms with Crippen molar-refractivity contribution in [1.29, 1.82) is 0 Å². The second-order valence-corrected chi connectivity index (χ2v) is 5.18. The molecule has 0 heterocycles. The van der Waals surface area contributed by atoms with Gasteiger partial charge in [-0.25, -0.2) is 0 Å². The SMILES string of the molecule is CCC(CC)(CN)N(C)Cc1ccc(OC(F)(F)F)cc1. The lowest BCUT2D eigenvalue weighted by atomic mass is 9.90. The number of nitrogens with zero attached hydrogens (tertiary/aromatic N) is 1. The van der Waals surface area contributed by atoms with Gasteiger partial charge in [-0.1, -0.05) is 26.0 Å². The Morgan fingerprint density at radius 1 is 1.10 bits per heavy atom. The van der Waals surface area contributed by atoms with Gasteiger partial charge in [0.15, 0.2) is 0 Å². The lowest BCUT2D eigenvalue weighted by Crippen LogP contribution is -2.50. The molecule has 21 heavy (non-hydrogen) atoms. The lowest BCUT2D eigenvalue weighted by molar-refractivity contribution is -0.274. The Morgan fingerprint density at radius 3 is 2.00 bits per heavy atom. The van der Waals surface area contributed by atoms with Crippen LogP contribution in [0.25, 0.3) is 0 Å². The van der Waals surface area contributed by atoms with E-state index in [4.69, 9.17) is 5.73 Å². The van der Waals surface area contributed by atoms with Crippen molar-refractivity contribution < 1.29 is 17.9 Å². The number of hydrogen-bond acceptors (Lipinski definition) is 3. The predicted octanol–water partition coefficient (Wildman–Crippen LogP) is 3.53. The number of benzene rings is 1. The summed E-state index contributed by atoms with van der Waals surface area (Å²) in [5.41, 5.74) is 6.73. The molecule has 0 amide bonds. The molecule has 1 aromatic rings. The molecule has 0 saturated heterocycles. The quantitative estimate of drug-likeness (QED) is 0.837. The average Bonchev–Trinajstić information content (AvgIpc) is 2.42. The van der Waals surface area contributed by atoms with E-state index in [9.17, 15) is 13.2 Å². The Kier molecular flexibility index (Phi) is 6.04. The number of rotatable bonds is 7. The Bertz CT molecular complexity index is 419. The molecule has 0 atom stereocenters. The molecule has 0 unspecified atom stereocenters. The molecule has 1 rings (SSSR count). The Morgan fingerprint density at radius 2 is 1.62 bits per heavy atom. The van der Waals surface area contributed by atoms with Crippen molar-refractivity contribution >= 4 is 0 Å². The van der Waals surface area contributed by atoms with Crippen LogP contribution >= 0.6 is 0 Å². The predicted molar refractivity (Wildman–Crippen MR) is 77.0 cm³/mol. The van der Waals surface area contributed by atoms with Crippen molar-refractivity contribution in [3.05, 3.63) is 29.8 Å². The highest BCUT2D eigenvalue weighted by Gasteiger charge is 2.31. The fraction of sp³-hybridized carbons (Fsp3) is 0.600. The van der Waals surface area contributed by atoms with Gasteiger partial charge in [0.2, 0.25) is 0 Å². The monoisotopic (exact) mass is 304 g/mol. The van der Waals surface area contributed by atoms with E-state index in [0.717, 1.165) is 18.4 Å². The molecule has 2 N–H and O–H groups in total. The maximum absolute atomic E-state index is 12.1. The van der Waals surface area contributed by atoms with Crippen LogP contribution < -0.4 is 10.5 Å². The molecule has 0 fully saturated rings. The average molecular weight is 304 g/mol. The van der Waals surface area contributed by atoms with Gasteiger partial charge >= 0.3 is 6.36 Å². The van der Waals surface area contributed by atoms with E-state index in [1.165, 1.54) is 12.1 Å². The summed E-state index contributed by atoms with van der Waals surface area (Å²) in [6.07, 6.45) is -2.81. The van der Waals surface area contributed by atoms with Crippen molar-refractivity contribution in [3.63, 3.8) is 0 Å². The van der Waals surface area contributed by atoms with Crippen molar-refractivity contribution in [1.82, 2.24) is 4.90 Å². The molecule has 0 aliphatic heterocycles. The minimum Gasteiger partial charge on any atom is -0.406 e. The standard InChI is InChI=1S/C15H23F3N2O/c1-4-14(5-2,11-19)20(3)10-12-6-8-13(9-7-12)21-15(16,17)18/h6-9H,4-5,10-11,19H2,1-3H3. The molecule has 0 aliphatic rings. The zero-order chi connectivity index (χ0) is 16.1. The molecule has 0 saturated carbocycles. The van der Waals surface area contributed by atoms with Crippen molar-refractivity contribution in [2.45, 2.75) is 45.1 Å².